The van der Waals surface area contributed by atoms with Crippen LogP contribution in [-0.4, -0.2) is 55.6 Å². The molecule has 0 atom stereocenters. The molecule has 1 heterocycles. The molecule has 0 radical (unpaired) electrons. The molecule has 1 aromatic rings. The number of nitrogens with one attached hydrogen (secondary N) is 2. The number of methoxy groups -OCH3 is 2. The van der Waals surface area contributed by atoms with Crippen LogP contribution in [-0.2, 0) is 23.9 Å². The Kier molecular flexibility index (Phi) is 12.1. The molecular weight excluding hydrogens is 466 g/mol. The number of rotatable bonds is 6. The van der Waals surface area contributed by atoms with Gasteiger partial charge in [0.2, 0.25) is 5.91 Å². The van der Waals surface area contributed by atoms with Gasteiger partial charge in [-0.15, -0.1) is 12.4 Å². The zero-order valence-corrected chi connectivity index (χ0v) is 20.7. The van der Waals surface area contributed by atoms with Crippen LogP contribution in [0, 0.1) is 0 Å². The van der Waals surface area contributed by atoms with Gasteiger partial charge in [0.15, 0.2) is 5.76 Å². The summed E-state index contributed by atoms with van der Waals surface area (Å²) in [5, 5.41) is 5.18. The number of hydrogen-bond donors (Lipinski definition) is 3. The molecule has 4 N–H and O–H groups in total. The molecule has 11 heteroatoms. The summed E-state index contributed by atoms with van der Waals surface area (Å²) in [4.78, 5) is 46.9. The summed E-state index contributed by atoms with van der Waals surface area (Å²) in [5.74, 6) is -1.45. The Bertz CT molecular complexity index is 801. The van der Waals surface area contributed by atoms with Crippen LogP contribution in [0.25, 0.3) is 0 Å². The van der Waals surface area contributed by atoms with Crippen LogP contribution >= 0.6 is 12.4 Å². The van der Waals surface area contributed by atoms with Gasteiger partial charge in [0.25, 0.3) is 5.91 Å². The van der Waals surface area contributed by atoms with Crippen LogP contribution < -0.4 is 16.4 Å². The van der Waals surface area contributed by atoms with E-state index in [9.17, 15) is 19.2 Å². The van der Waals surface area contributed by atoms with Crippen LogP contribution in [0.1, 0.15) is 74.8 Å². The number of carbonyl (C=O) groups excluding carboxylic acids is 4. The second-order valence-electron chi connectivity index (χ2n) is 8.55. The number of ether oxygens (including phenoxy) is 2. The van der Waals surface area contributed by atoms with E-state index in [1.807, 2.05) is 0 Å². The van der Waals surface area contributed by atoms with Crippen molar-refractivity contribution in [3.05, 3.63) is 24.2 Å². The summed E-state index contributed by atoms with van der Waals surface area (Å²) in [5.41, 5.74) is 4.19. The van der Waals surface area contributed by atoms with Gasteiger partial charge < -0.3 is 30.3 Å². The van der Waals surface area contributed by atoms with E-state index >= 15 is 0 Å². The van der Waals surface area contributed by atoms with Gasteiger partial charge in [-0.3, -0.25) is 14.4 Å². The maximum absolute atomic E-state index is 12.0. The van der Waals surface area contributed by atoms with Gasteiger partial charge in [-0.1, -0.05) is 38.5 Å². The highest BCUT2D eigenvalue weighted by atomic mass is 35.5. The highest BCUT2D eigenvalue weighted by Gasteiger charge is 2.42. The van der Waals surface area contributed by atoms with E-state index in [1.54, 1.807) is 6.07 Å². The smallest absolute Gasteiger partial charge is 0.331 e. The number of nitrogens with two attached hydrogens (primary N) is 1. The third-order valence-corrected chi connectivity index (χ3v) is 6.15. The molecule has 0 saturated heterocycles. The average molecular weight is 502 g/mol. The van der Waals surface area contributed by atoms with Crippen molar-refractivity contribution in [2.75, 3.05) is 20.8 Å². The lowest BCUT2D eigenvalue weighted by Gasteiger charge is -2.35. The second kappa shape index (κ2) is 14.0. The van der Waals surface area contributed by atoms with Crippen LogP contribution in [0.3, 0.4) is 0 Å². The maximum Gasteiger partial charge on any atom is 0.331 e. The molecule has 192 valence electrons. The van der Waals surface area contributed by atoms with Gasteiger partial charge >= 0.3 is 11.9 Å². The normalized spacial score (nSPS) is 18.1. The molecule has 2 amide bonds. The van der Waals surface area contributed by atoms with Crippen molar-refractivity contribution in [2.24, 2.45) is 5.73 Å². The van der Waals surface area contributed by atoms with E-state index in [2.05, 4.69) is 15.4 Å². The highest BCUT2D eigenvalue weighted by Crippen LogP contribution is 2.29. The molecule has 3 rings (SSSR count). The topological polar surface area (TPSA) is 150 Å². The molecule has 0 bridgehead atoms. The molecule has 1 aromatic heterocycles. The van der Waals surface area contributed by atoms with Crippen LogP contribution in [0.15, 0.2) is 22.8 Å². The van der Waals surface area contributed by atoms with Crippen molar-refractivity contribution >= 4 is 36.2 Å². The van der Waals surface area contributed by atoms with Gasteiger partial charge in [-0.25, -0.2) is 4.79 Å². The van der Waals surface area contributed by atoms with Crippen LogP contribution in [0.5, 0.6) is 0 Å². The number of carbonyl (C=O) groups is 4. The van der Waals surface area contributed by atoms with E-state index in [4.69, 9.17) is 14.9 Å². The Morgan fingerprint density at radius 1 is 0.941 bits per heavy atom. The van der Waals surface area contributed by atoms with Crippen molar-refractivity contribution in [1.29, 1.82) is 0 Å². The molecule has 0 unspecified atom stereocenters. The maximum atomic E-state index is 12.0. The van der Waals surface area contributed by atoms with Crippen LogP contribution in [0.2, 0.25) is 0 Å². The number of furan rings is 1. The van der Waals surface area contributed by atoms with Gasteiger partial charge in [-0.2, -0.15) is 0 Å². The molecule has 2 aliphatic carbocycles. The van der Waals surface area contributed by atoms with Crippen molar-refractivity contribution in [3.63, 3.8) is 0 Å². The van der Waals surface area contributed by atoms with Gasteiger partial charge in [-0.05, 0) is 37.8 Å². The molecule has 0 spiro atoms. The van der Waals surface area contributed by atoms with E-state index in [0.717, 1.165) is 44.9 Å². The minimum atomic E-state index is -0.973. The third kappa shape index (κ3) is 8.02. The first kappa shape index (κ1) is 29.4. The first-order valence-electron chi connectivity index (χ1n) is 11.3. The summed E-state index contributed by atoms with van der Waals surface area (Å²) in [6.45, 7) is -0.224. The fourth-order valence-corrected chi connectivity index (χ4v) is 4.29. The lowest BCUT2D eigenvalue weighted by atomic mass is 9.81. The quantitative estimate of drug-likeness (QED) is 0.502. The SMILES string of the molecule is COC(=O)C1(N)CCCCC1.COC(=O)C1(NC(=O)CNC(=O)c2ccco2)CCCCC1.Cl. The van der Waals surface area contributed by atoms with Gasteiger partial charge in [0.05, 0.1) is 27.0 Å². The number of hydrogen-bond acceptors (Lipinski definition) is 8. The molecule has 0 aliphatic heterocycles. The van der Waals surface area contributed by atoms with Crippen molar-refractivity contribution in [3.8, 4) is 0 Å². The molecule has 2 aliphatic rings. The Morgan fingerprint density at radius 2 is 1.50 bits per heavy atom. The molecule has 0 aromatic carbocycles. The Morgan fingerprint density at radius 3 is 2.00 bits per heavy atom. The van der Waals surface area contributed by atoms with Crippen LogP contribution in [0.4, 0.5) is 0 Å². The zero-order chi connectivity index (χ0) is 24.3. The first-order chi connectivity index (χ1) is 15.8. The van der Waals surface area contributed by atoms with Gasteiger partial charge in [0, 0.05) is 0 Å². The largest absolute Gasteiger partial charge is 0.468 e. The number of halogens is 1. The van der Waals surface area contributed by atoms with Gasteiger partial charge in [0.1, 0.15) is 11.1 Å². The van der Waals surface area contributed by atoms with E-state index in [1.165, 1.54) is 33.0 Å². The predicted molar refractivity (Wildman–Crippen MR) is 126 cm³/mol. The summed E-state index contributed by atoms with van der Waals surface area (Å²) in [7, 11) is 2.70. The lowest BCUT2D eigenvalue weighted by molar-refractivity contribution is -0.152. The highest BCUT2D eigenvalue weighted by molar-refractivity contribution is 5.95. The minimum absolute atomic E-state index is 0. The summed E-state index contributed by atoms with van der Waals surface area (Å²) in [6, 6.07) is 3.09. The Labute approximate surface area is 206 Å². The van der Waals surface area contributed by atoms with E-state index < -0.39 is 28.9 Å². The first-order valence-corrected chi connectivity index (χ1v) is 11.3. The average Bonchev–Trinajstić information content (AvgIpc) is 3.38. The Balaban J connectivity index is 0.000000407. The summed E-state index contributed by atoms with van der Waals surface area (Å²) < 4.78 is 14.4. The second-order valence-corrected chi connectivity index (χ2v) is 8.55. The standard InChI is InChI=1S/C15H20N2O5.C8H15NO2.ClH/c1-21-14(20)15(7-3-2-4-8-15)17-12(18)10-16-13(19)11-6-5-9-22-11;1-11-7(10)8(9)5-3-2-4-6-8;/h5-6,9H,2-4,7-8,10H2,1H3,(H,16,19)(H,17,18);2-6,9H2,1H3;1H. The number of amides is 2. The monoisotopic (exact) mass is 501 g/mol. The molecule has 10 nitrogen and oxygen atoms in total. The third-order valence-electron chi connectivity index (χ3n) is 6.15. The minimum Gasteiger partial charge on any atom is -0.468 e. The summed E-state index contributed by atoms with van der Waals surface area (Å²) >= 11 is 0. The van der Waals surface area contributed by atoms with Crippen molar-refractivity contribution < 1.29 is 33.1 Å². The Hall–Kier alpha value is -2.59. The fourth-order valence-electron chi connectivity index (χ4n) is 4.29. The fraction of sp³-hybridized carbons (Fsp3) is 0.652. The van der Waals surface area contributed by atoms with E-state index in [0.29, 0.717) is 12.8 Å². The number of esters is 2. The summed E-state index contributed by atoms with van der Waals surface area (Å²) in [6.07, 6.45) is 10.1. The van der Waals surface area contributed by atoms with Crippen molar-refractivity contribution in [2.45, 2.75) is 75.3 Å². The molecular formula is C23H36ClN3O7. The predicted octanol–water partition coefficient (Wildman–Crippen LogP) is 2.24. The molecule has 2 fully saturated rings. The zero-order valence-electron chi connectivity index (χ0n) is 19.9. The van der Waals surface area contributed by atoms with Crippen molar-refractivity contribution in [1.82, 2.24) is 10.6 Å². The lowest BCUT2D eigenvalue weighted by Crippen LogP contribution is -2.57. The molecule has 2 saturated carbocycles. The van der Waals surface area contributed by atoms with E-state index in [-0.39, 0.29) is 30.7 Å². The molecule has 34 heavy (non-hydrogen) atoms.